The van der Waals surface area contributed by atoms with E-state index in [9.17, 15) is 13.2 Å². The van der Waals surface area contributed by atoms with E-state index in [-0.39, 0.29) is 23.0 Å². The Morgan fingerprint density at radius 3 is 1.72 bits per heavy atom. The third kappa shape index (κ3) is 6.34. The molecule has 25 heavy (non-hydrogen) atoms. The van der Waals surface area contributed by atoms with Crippen LogP contribution in [0.3, 0.4) is 0 Å². The van der Waals surface area contributed by atoms with E-state index < -0.39 is 16.1 Å². The molecule has 0 aromatic heterocycles. The van der Waals surface area contributed by atoms with Crippen LogP contribution >= 0.6 is 0 Å². The van der Waals surface area contributed by atoms with Gasteiger partial charge in [-0.15, -0.1) is 0 Å². The molecule has 2 aromatic rings. The van der Waals surface area contributed by atoms with Crippen molar-refractivity contribution in [2.75, 3.05) is 20.8 Å². The number of rotatable bonds is 5. The summed E-state index contributed by atoms with van der Waals surface area (Å²) in [4.78, 5) is 11.0. The van der Waals surface area contributed by atoms with Crippen molar-refractivity contribution in [3.8, 4) is 11.5 Å². The van der Waals surface area contributed by atoms with E-state index in [2.05, 4.69) is 4.74 Å². The van der Waals surface area contributed by atoms with E-state index in [4.69, 9.17) is 9.47 Å². The van der Waals surface area contributed by atoms with Crippen molar-refractivity contribution in [3.05, 3.63) is 54.6 Å². The minimum atomic E-state index is -4.14. The highest BCUT2D eigenvalue weighted by atomic mass is 32.2. The molecular weight excluding hydrogens is 346 g/mol. The van der Waals surface area contributed by atoms with Gasteiger partial charge in [0.15, 0.2) is 4.90 Å². The summed E-state index contributed by atoms with van der Waals surface area (Å²) >= 11 is 0. The first-order chi connectivity index (χ1) is 12.0. The lowest BCUT2D eigenvalue weighted by molar-refractivity contribution is 0.158. The maximum atomic E-state index is 12.1. The highest BCUT2D eigenvalue weighted by molar-refractivity contribution is 7.90. The van der Waals surface area contributed by atoms with Gasteiger partial charge in [-0.3, -0.25) is 0 Å². The Kier molecular flexibility index (Phi) is 8.28. The van der Waals surface area contributed by atoms with Gasteiger partial charge in [0.2, 0.25) is 0 Å². The number of hydrogen-bond acceptors (Lipinski definition) is 6. The largest absolute Gasteiger partial charge is 0.495 e. The molecule has 0 heterocycles. The summed E-state index contributed by atoms with van der Waals surface area (Å²) in [6.07, 6.45) is -1.06. The van der Waals surface area contributed by atoms with Crippen LogP contribution in [-0.2, 0) is 14.8 Å². The van der Waals surface area contributed by atoms with Crippen LogP contribution in [0.2, 0.25) is 0 Å². The zero-order valence-corrected chi connectivity index (χ0v) is 15.1. The first-order valence-corrected chi connectivity index (χ1v) is 8.85. The number of carbonyl (C=O) groups is 1. The Morgan fingerprint density at radius 1 is 0.920 bits per heavy atom. The van der Waals surface area contributed by atoms with Crippen LogP contribution in [-0.4, -0.2) is 35.3 Å². The molecule has 0 aliphatic carbocycles. The van der Waals surface area contributed by atoms with E-state index in [1.807, 2.05) is 36.4 Å². The van der Waals surface area contributed by atoms with Gasteiger partial charge in [0.25, 0.3) is 10.0 Å². The highest BCUT2D eigenvalue weighted by Gasteiger charge is 2.27. The summed E-state index contributed by atoms with van der Waals surface area (Å²) in [5.74, 6) is 0.132. The Morgan fingerprint density at radius 2 is 1.36 bits per heavy atom. The molecule has 2 aromatic carbocycles. The van der Waals surface area contributed by atoms with E-state index in [1.54, 1.807) is 17.7 Å². The number of ether oxygens (including phenoxy) is 3. The quantitative estimate of drug-likeness (QED) is 0.874. The SMILES string of the molecule is CCOC(=O)NS(=O)(=O)c1c(OC)cccc1OC.c1ccccc1. The van der Waals surface area contributed by atoms with Crippen LogP contribution < -0.4 is 14.2 Å². The minimum absolute atomic E-state index is 0.0599. The molecule has 1 amide bonds. The Labute approximate surface area is 147 Å². The molecule has 0 bridgehead atoms. The van der Waals surface area contributed by atoms with Gasteiger partial charge in [0.05, 0.1) is 20.8 Å². The van der Waals surface area contributed by atoms with Gasteiger partial charge in [-0.2, -0.15) is 0 Å². The molecule has 0 saturated carbocycles. The summed E-state index contributed by atoms with van der Waals surface area (Å²) in [5.41, 5.74) is 0. The maximum Gasteiger partial charge on any atom is 0.421 e. The maximum absolute atomic E-state index is 12.1. The van der Waals surface area contributed by atoms with E-state index >= 15 is 0 Å². The standard InChI is InChI=1S/C11H15NO6S.C6H6/c1-4-18-11(13)12-19(14,15)10-8(16-2)6-5-7-9(10)17-3;1-2-4-6-5-3-1/h5-7H,4H2,1-3H3,(H,12,13);1-6H. The molecule has 0 saturated heterocycles. The average molecular weight is 367 g/mol. The van der Waals surface area contributed by atoms with Crippen molar-refractivity contribution >= 4 is 16.1 Å². The van der Waals surface area contributed by atoms with Crippen molar-refractivity contribution in [1.29, 1.82) is 0 Å². The number of sulfonamides is 1. The molecule has 8 heteroatoms. The lowest BCUT2D eigenvalue weighted by Gasteiger charge is -2.13. The first kappa shape index (κ1) is 20.3. The predicted molar refractivity (Wildman–Crippen MR) is 93.3 cm³/mol. The van der Waals surface area contributed by atoms with Crippen LogP contribution in [0.1, 0.15) is 6.92 Å². The first-order valence-electron chi connectivity index (χ1n) is 7.36. The summed E-state index contributed by atoms with van der Waals surface area (Å²) in [7, 11) is -1.51. The number of hydrogen-bond donors (Lipinski definition) is 1. The molecular formula is C17H21NO6S. The third-order valence-corrected chi connectivity index (χ3v) is 4.19. The molecule has 1 N–H and O–H groups in total. The van der Waals surface area contributed by atoms with Crippen LogP contribution in [0.15, 0.2) is 59.5 Å². The molecule has 0 aliphatic heterocycles. The third-order valence-electron chi connectivity index (χ3n) is 2.81. The topological polar surface area (TPSA) is 90.9 Å². The lowest BCUT2D eigenvalue weighted by Crippen LogP contribution is -2.31. The second-order valence-electron chi connectivity index (χ2n) is 4.47. The number of methoxy groups -OCH3 is 2. The zero-order chi connectivity index (χ0) is 18.7. The molecule has 0 unspecified atom stereocenters. The van der Waals surface area contributed by atoms with Crippen molar-refractivity contribution < 1.29 is 27.4 Å². The van der Waals surface area contributed by atoms with Gasteiger partial charge >= 0.3 is 6.09 Å². The van der Waals surface area contributed by atoms with Gasteiger partial charge < -0.3 is 14.2 Å². The molecule has 0 fully saturated rings. The van der Waals surface area contributed by atoms with Crippen molar-refractivity contribution in [2.45, 2.75) is 11.8 Å². The molecule has 0 radical (unpaired) electrons. The molecule has 136 valence electrons. The Hall–Kier alpha value is -2.74. The van der Waals surface area contributed by atoms with Crippen molar-refractivity contribution in [1.82, 2.24) is 4.72 Å². The molecule has 7 nitrogen and oxygen atoms in total. The van der Waals surface area contributed by atoms with Gasteiger partial charge in [0.1, 0.15) is 11.5 Å². The lowest BCUT2D eigenvalue weighted by atomic mass is 10.3. The second-order valence-corrected chi connectivity index (χ2v) is 6.09. The predicted octanol–water partition coefficient (Wildman–Crippen LogP) is 2.83. The van der Waals surface area contributed by atoms with E-state index in [0.717, 1.165) is 0 Å². The Bertz CT molecular complexity index is 713. The average Bonchev–Trinajstić information content (AvgIpc) is 2.62. The summed E-state index contributed by atoms with van der Waals surface area (Å²) < 4.78 is 40.4. The van der Waals surface area contributed by atoms with E-state index in [0.29, 0.717) is 0 Å². The number of amides is 1. The second kappa shape index (κ2) is 10.2. The summed E-state index contributed by atoms with van der Waals surface area (Å²) in [5, 5.41) is 0. The van der Waals surface area contributed by atoms with Crippen molar-refractivity contribution in [3.63, 3.8) is 0 Å². The summed E-state index contributed by atoms with van der Waals surface area (Å²) in [6.45, 7) is 1.63. The van der Waals surface area contributed by atoms with E-state index in [1.165, 1.54) is 26.4 Å². The van der Waals surface area contributed by atoms with Gasteiger partial charge in [-0.25, -0.2) is 17.9 Å². The van der Waals surface area contributed by atoms with Crippen LogP contribution in [0, 0.1) is 0 Å². The van der Waals surface area contributed by atoms with Crippen LogP contribution in [0.5, 0.6) is 11.5 Å². The van der Waals surface area contributed by atoms with Crippen molar-refractivity contribution in [2.24, 2.45) is 0 Å². The normalized spacial score (nSPS) is 10.0. The highest BCUT2D eigenvalue weighted by Crippen LogP contribution is 2.32. The fraction of sp³-hybridized carbons (Fsp3) is 0.235. The van der Waals surface area contributed by atoms with Gasteiger partial charge in [0, 0.05) is 0 Å². The molecule has 0 atom stereocenters. The minimum Gasteiger partial charge on any atom is -0.495 e. The monoisotopic (exact) mass is 367 g/mol. The van der Waals surface area contributed by atoms with Crippen LogP contribution in [0.25, 0.3) is 0 Å². The fourth-order valence-electron chi connectivity index (χ4n) is 1.79. The molecule has 0 spiro atoms. The smallest absolute Gasteiger partial charge is 0.421 e. The van der Waals surface area contributed by atoms with Gasteiger partial charge in [-0.1, -0.05) is 42.5 Å². The van der Waals surface area contributed by atoms with Gasteiger partial charge in [-0.05, 0) is 19.1 Å². The summed E-state index contributed by atoms with van der Waals surface area (Å²) in [6, 6.07) is 16.5. The number of benzene rings is 2. The van der Waals surface area contributed by atoms with Crippen LogP contribution in [0.4, 0.5) is 4.79 Å². The Balaban J connectivity index is 0.000000435. The molecule has 2 rings (SSSR count). The number of carbonyl (C=O) groups excluding carboxylic acids is 1. The fourth-order valence-corrected chi connectivity index (χ4v) is 3.00. The number of nitrogens with one attached hydrogen (secondary N) is 1. The zero-order valence-electron chi connectivity index (χ0n) is 14.3. The molecule has 0 aliphatic rings.